The molecule has 3 nitrogen and oxygen atoms in total. The number of aromatic nitrogens is 2. The lowest BCUT2D eigenvalue weighted by atomic mass is 10.2. The molecule has 0 aliphatic carbocycles. The molecule has 3 rings (SSSR count). The van der Waals surface area contributed by atoms with Crippen LogP contribution < -0.4 is 5.69 Å². The molecule has 2 heterocycles. The van der Waals surface area contributed by atoms with Gasteiger partial charge in [0.2, 0.25) is 0 Å². The van der Waals surface area contributed by atoms with Crippen molar-refractivity contribution in [3.8, 4) is 5.00 Å². The lowest BCUT2D eigenvalue weighted by Gasteiger charge is -1.99. The number of imidazole rings is 1. The Morgan fingerprint density at radius 2 is 2.12 bits per heavy atom. The Hall–Kier alpha value is -1.52. The zero-order valence-electron chi connectivity index (χ0n) is 9.03. The van der Waals surface area contributed by atoms with Gasteiger partial charge in [0.15, 0.2) is 0 Å². The summed E-state index contributed by atoms with van der Waals surface area (Å²) in [5.74, 6) is 0. The number of aryl methyl sites for hydroxylation is 1. The zero-order valence-corrected chi connectivity index (χ0v) is 10.6. The highest BCUT2D eigenvalue weighted by Gasteiger charge is 2.10. The molecule has 0 saturated heterocycles. The summed E-state index contributed by atoms with van der Waals surface area (Å²) in [5.41, 5.74) is 2.71. The van der Waals surface area contributed by atoms with Gasteiger partial charge in [-0.25, -0.2) is 4.79 Å². The van der Waals surface area contributed by atoms with Gasteiger partial charge < -0.3 is 4.98 Å². The monoisotopic (exact) mass is 264 g/mol. The summed E-state index contributed by atoms with van der Waals surface area (Å²) in [6.07, 6.45) is 0. The first-order valence-corrected chi connectivity index (χ1v) is 6.32. The second-order valence-corrected chi connectivity index (χ2v) is 5.56. The molecule has 2 aromatic heterocycles. The number of hydrogen-bond donors (Lipinski definition) is 1. The number of thiophene rings is 1. The third kappa shape index (κ3) is 1.69. The first kappa shape index (κ1) is 10.6. The zero-order chi connectivity index (χ0) is 12.0. The molecule has 86 valence electrons. The van der Waals surface area contributed by atoms with Crippen LogP contribution in [-0.4, -0.2) is 9.55 Å². The molecule has 1 aromatic carbocycles. The van der Waals surface area contributed by atoms with Gasteiger partial charge in [-0.3, -0.25) is 4.57 Å². The molecular weight excluding hydrogens is 256 g/mol. The van der Waals surface area contributed by atoms with E-state index in [4.69, 9.17) is 11.6 Å². The van der Waals surface area contributed by atoms with Crippen LogP contribution in [0.4, 0.5) is 0 Å². The van der Waals surface area contributed by atoms with E-state index in [1.165, 1.54) is 11.3 Å². The van der Waals surface area contributed by atoms with Crippen molar-refractivity contribution in [1.29, 1.82) is 0 Å². The number of nitrogens with zero attached hydrogens (tertiary/aromatic N) is 1. The second-order valence-electron chi connectivity index (χ2n) is 3.86. The molecule has 3 aromatic rings. The van der Waals surface area contributed by atoms with Gasteiger partial charge in [0.05, 0.1) is 15.4 Å². The Bertz CT molecular complexity index is 753. The second kappa shape index (κ2) is 3.75. The molecule has 1 N–H and O–H groups in total. The Morgan fingerprint density at radius 1 is 1.29 bits per heavy atom. The van der Waals surface area contributed by atoms with E-state index in [0.717, 1.165) is 21.6 Å². The van der Waals surface area contributed by atoms with E-state index in [2.05, 4.69) is 4.98 Å². The van der Waals surface area contributed by atoms with Crippen LogP contribution in [0.1, 0.15) is 5.56 Å². The van der Waals surface area contributed by atoms with Gasteiger partial charge in [-0.2, -0.15) is 0 Å². The van der Waals surface area contributed by atoms with Crippen molar-refractivity contribution in [1.82, 2.24) is 9.55 Å². The van der Waals surface area contributed by atoms with Gasteiger partial charge in [0.25, 0.3) is 0 Å². The minimum Gasteiger partial charge on any atom is -0.305 e. The maximum absolute atomic E-state index is 11.9. The average Bonchev–Trinajstić information content (AvgIpc) is 2.80. The van der Waals surface area contributed by atoms with Crippen molar-refractivity contribution in [2.75, 3.05) is 0 Å². The van der Waals surface area contributed by atoms with E-state index in [1.54, 1.807) is 10.6 Å². The maximum Gasteiger partial charge on any atom is 0.331 e. The average molecular weight is 265 g/mol. The van der Waals surface area contributed by atoms with Crippen LogP contribution in [0, 0.1) is 6.92 Å². The minimum atomic E-state index is -0.135. The molecule has 0 radical (unpaired) electrons. The van der Waals surface area contributed by atoms with Gasteiger partial charge >= 0.3 is 5.69 Å². The standard InChI is InChI=1S/C12H9ClN2OS/c1-7-2-3-9-8(6-7)14-12(16)15(9)11-5-4-10(13)17-11/h2-6H,1H3,(H,14,16). The van der Waals surface area contributed by atoms with Crippen LogP contribution in [0.3, 0.4) is 0 Å². The minimum absolute atomic E-state index is 0.135. The third-order valence-corrected chi connectivity index (χ3v) is 3.83. The van der Waals surface area contributed by atoms with Crippen LogP contribution in [0.5, 0.6) is 0 Å². The van der Waals surface area contributed by atoms with E-state index in [1.807, 2.05) is 31.2 Å². The third-order valence-electron chi connectivity index (χ3n) is 2.62. The SMILES string of the molecule is Cc1ccc2c(c1)[nH]c(=O)n2-c1ccc(Cl)s1. The van der Waals surface area contributed by atoms with Crippen molar-refractivity contribution in [3.05, 3.63) is 50.7 Å². The van der Waals surface area contributed by atoms with Gasteiger partial charge in [0.1, 0.15) is 5.00 Å². The molecule has 0 unspecified atom stereocenters. The van der Waals surface area contributed by atoms with Crippen molar-refractivity contribution < 1.29 is 0 Å². The van der Waals surface area contributed by atoms with Crippen molar-refractivity contribution >= 4 is 34.0 Å². The van der Waals surface area contributed by atoms with Gasteiger partial charge in [-0.15, -0.1) is 11.3 Å². The maximum atomic E-state index is 11.9. The fourth-order valence-electron chi connectivity index (χ4n) is 1.87. The fourth-order valence-corrected chi connectivity index (χ4v) is 2.91. The van der Waals surface area contributed by atoms with E-state index >= 15 is 0 Å². The molecular formula is C12H9ClN2OS. The summed E-state index contributed by atoms with van der Waals surface area (Å²) in [5, 5.41) is 0.829. The fraction of sp³-hybridized carbons (Fsp3) is 0.0833. The molecule has 0 amide bonds. The Balaban J connectivity index is 2.36. The van der Waals surface area contributed by atoms with Crippen LogP contribution >= 0.6 is 22.9 Å². The number of fused-ring (bicyclic) bond motifs is 1. The number of hydrogen-bond acceptors (Lipinski definition) is 2. The number of halogens is 1. The van der Waals surface area contributed by atoms with Gasteiger partial charge in [-0.1, -0.05) is 17.7 Å². The van der Waals surface area contributed by atoms with Gasteiger partial charge in [-0.05, 0) is 36.8 Å². The molecule has 17 heavy (non-hydrogen) atoms. The first-order valence-electron chi connectivity index (χ1n) is 5.12. The number of benzene rings is 1. The summed E-state index contributed by atoms with van der Waals surface area (Å²) in [6, 6.07) is 9.53. The molecule has 0 aliphatic rings. The smallest absolute Gasteiger partial charge is 0.305 e. The number of rotatable bonds is 1. The highest BCUT2D eigenvalue weighted by molar-refractivity contribution is 7.18. The predicted molar refractivity (Wildman–Crippen MR) is 71.5 cm³/mol. The summed E-state index contributed by atoms with van der Waals surface area (Å²) in [7, 11) is 0. The quantitative estimate of drug-likeness (QED) is 0.719. The molecule has 0 aliphatic heterocycles. The lowest BCUT2D eigenvalue weighted by molar-refractivity contribution is 1.04. The first-order chi connectivity index (χ1) is 8.15. The lowest BCUT2D eigenvalue weighted by Crippen LogP contribution is -2.13. The van der Waals surface area contributed by atoms with E-state index in [-0.39, 0.29) is 5.69 Å². The topological polar surface area (TPSA) is 37.8 Å². The predicted octanol–water partition coefficient (Wildman–Crippen LogP) is 3.34. The van der Waals surface area contributed by atoms with Crippen molar-refractivity contribution in [3.63, 3.8) is 0 Å². The summed E-state index contributed by atoms with van der Waals surface area (Å²) >= 11 is 7.29. The molecule has 0 fully saturated rings. The number of nitrogens with one attached hydrogen (secondary N) is 1. The van der Waals surface area contributed by atoms with Crippen LogP contribution in [0.25, 0.3) is 16.0 Å². The van der Waals surface area contributed by atoms with E-state index in [9.17, 15) is 4.79 Å². The largest absolute Gasteiger partial charge is 0.331 e. The normalized spacial score (nSPS) is 11.2. The van der Waals surface area contributed by atoms with E-state index in [0.29, 0.717) is 4.34 Å². The summed E-state index contributed by atoms with van der Waals surface area (Å²) in [6.45, 7) is 2.00. The molecule has 5 heteroatoms. The molecule has 0 atom stereocenters. The Labute approximate surface area is 106 Å². The molecule has 0 saturated carbocycles. The molecule has 0 bridgehead atoms. The van der Waals surface area contributed by atoms with E-state index < -0.39 is 0 Å². The Kier molecular flexibility index (Phi) is 2.34. The highest BCUT2D eigenvalue weighted by atomic mass is 35.5. The summed E-state index contributed by atoms with van der Waals surface area (Å²) < 4.78 is 2.32. The highest BCUT2D eigenvalue weighted by Crippen LogP contribution is 2.26. The van der Waals surface area contributed by atoms with Crippen molar-refractivity contribution in [2.45, 2.75) is 6.92 Å². The Morgan fingerprint density at radius 3 is 2.82 bits per heavy atom. The number of H-pyrrole nitrogens is 1. The van der Waals surface area contributed by atoms with Crippen LogP contribution in [0.2, 0.25) is 4.34 Å². The summed E-state index contributed by atoms with van der Waals surface area (Å²) in [4.78, 5) is 14.8. The van der Waals surface area contributed by atoms with Crippen LogP contribution in [0.15, 0.2) is 35.1 Å². The van der Waals surface area contributed by atoms with Gasteiger partial charge in [0, 0.05) is 0 Å². The van der Waals surface area contributed by atoms with Crippen LogP contribution in [-0.2, 0) is 0 Å². The van der Waals surface area contributed by atoms with Crippen molar-refractivity contribution in [2.24, 2.45) is 0 Å². The number of aromatic amines is 1. The molecule has 0 spiro atoms.